The molecule has 0 aromatic heterocycles. The van der Waals surface area contributed by atoms with Crippen molar-refractivity contribution in [3.8, 4) is 11.5 Å². The predicted molar refractivity (Wildman–Crippen MR) is 125 cm³/mol. The van der Waals surface area contributed by atoms with Crippen molar-refractivity contribution in [2.45, 2.75) is 13.5 Å². The molecular weight excluding hydrogens is 440 g/mol. The Kier molecular flexibility index (Phi) is 6.58. The molecule has 0 atom stereocenters. The number of hydrogen-bond donors (Lipinski definition) is 3. The topological polar surface area (TPSA) is 132 Å². The molecule has 174 valence electrons. The van der Waals surface area contributed by atoms with Crippen LogP contribution >= 0.6 is 0 Å². The molecule has 0 radical (unpaired) electrons. The summed E-state index contributed by atoms with van der Waals surface area (Å²) in [7, 11) is 0. The quantitative estimate of drug-likeness (QED) is 0.341. The third kappa shape index (κ3) is 4.90. The van der Waals surface area contributed by atoms with Gasteiger partial charge in [-0.05, 0) is 48.9 Å². The molecule has 10 heteroatoms. The fraction of sp³-hybridized carbons (Fsp3) is 0.167. The number of anilines is 2. The van der Waals surface area contributed by atoms with E-state index >= 15 is 0 Å². The van der Waals surface area contributed by atoms with Crippen molar-refractivity contribution in [2.24, 2.45) is 0 Å². The number of ether oxygens (including phenoxy) is 2. The van der Waals surface area contributed by atoms with E-state index in [-0.39, 0.29) is 41.7 Å². The van der Waals surface area contributed by atoms with Crippen molar-refractivity contribution >= 4 is 28.9 Å². The minimum Gasteiger partial charge on any atom is -0.454 e. The van der Waals surface area contributed by atoms with Gasteiger partial charge in [-0.15, -0.1) is 0 Å². The fourth-order valence-electron chi connectivity index (χ4n) is 3.48. The highest BCUT2D eigenvalue weighted by molar-refractivity contribution is 6.09. The Hall–Kier alpha value is -4.60. The average Bonchev–Trinajstić information content (AvgIpc) is 3.31. The summed E-state index contributed by atoms with van der Waals surface area (Å²) in [5, 5.41) is 19.8. The summed E-state index contributed by atoms with van der Waals surface area (Å²) in [6, 6.07) is 16.1. The molecule has 1 aliphatic heterocycles. The maximum Gasteiger partial charge on any atom is 0.293 e. The van der Waals surface area contributed by atoms with Gasteiger partial charge in [0.2, 0.25) is 6.79 Å². The Morgan fingerprint density at radius 1 is 0.971 bits per heavy atom. The molecule has 34 heavy (non-hydrogen) atoms. The lowest BCUT2D eigenvalue weighted by molar-refractivity contribution is -0.384. The summed E-state index contributed by atoms with van der Waals surface area (Å²) in [6.45, 7) is 2.73. The zero-order chi connectivity index (χ0) is 24.1. The molecule has 1 aliphatic rings. The number of nitrogens with one attached hydrogen (secondary N) is 3. The van der Waals surface area contributed by atoms with Gasteiger partial charge in [-0.2, -0.15) is 0 Å². The number of benzene rings is 3. The monoisotopic (exact) mass is 462 g/mol. The van der Waals surface area contributed by atoms with Gasteiger partial charge in [0.05, 0.1) is 16.2 Å². The van der Waals surface area contributed by atoms with Crippen LogP contribution in [0, 0.1) is 10.1 Å². The molecular formula is C24H22N4O6. The van der Waals surface area contributed by atoms with E-state index in [1.54, 1.807) is 36.4 Å². The number of amides is 2. The van der Waals surface area contributed by atoms with Gasteiger partial charge in [0.15, 0.2) is 11.5 Å². The standard InChI is InChI=1S/C24H22N4O6/c1-2-25-19-9-8-16(12-20(19)28(31)32)23(29)27-18-6-4-3-5-17(18)24(30)26-13-15-7-10-21-22(11-15)34-14-33-21/h3-12,25H,2,13-14H2,1H3,(H,26,30)(H,27,29). The highest BCUT2D eigenvalue weighted by Crippen LogP contribution is 2.32. The fourth-order valence-corrected chi connectivity index (χ4v) is 3.48. The van der Waals surface area contributed by atoms with Crippen LogP contribution in [0.3, 0.4) is 0 Å². The Labute approximate surface area is 195 Å². The third-order valence-corrected chi connectivity index (χ3v) is 5.13. The lowest BCUT2D eigenvalue weighted by atomic mass is 10.1. The van der Waals surface area contributed by atoms with Crippen LogP contribution in [0.4, 0.5) is 17.1 Å². The number of carbonyl (C=O) groups excluding carboxylic acids is 2. The van der Waals surface area contributed by atoms with E-state index in [1.807, 2.05) is 13.0 Å². The third-order valence-electron chi connectivity index (χ3n) is 5.13. The number of nitro benzene ring substituents is 1. The normalized spacial score (nSPS) is 11.6. The molecule has 2 amide bonds. The Balaban J connectivity index is 1.47. The van der Waals surface area contributed by atoms with Gasteiger partial charge in [0, 0.05) is 24.7 Å². The summed E-state index contributed by atoms with van der Waals surface area (Å²) >= 11 is 0. The van der Waals surface area contributed by atoms with Crippen molar-refractivity contribution in [2.75, 3.05) is 24.0 Å². The highest BCUT2D eigenvalue weighted by atomic mass is 16.7. The van der Waals surface area contributed by atoms with Crippen molar-refractivity contribution in [1.29, 1.82) is 0 Å². The van der Waals surface area contributed by atoms with Gasteiger partial charge in [-0.25, -0.2) is 0 Å². The van der Waals surface area contributed by atoms with Crippen LogP contribution in [0.15, 0.2) is 60.7 Å². The molecule has 3 aromatic carbocycles. The van der Waals surface area contributed by atoms with Crippen molar-refractivity contribution < 1.29 is 24.0 Å². The molecule has 3 N–H and O–H groups in total. The number of fused-ring (bicyclic) bond motifs is 1. The molecule has 10 nitrogen and oxygen atoms in total. The number of rotatable bonds is 8. The second-order valence-corrected chi connectivity index (χ2v) is 7.39. The zero-order valence-corrected chi connectivity index (χ0v) is 18.3. The smallest absolute Gasteiger partial charge is 0.293 e. The first-order valence-corrected chi connectivity index (χ1v) is 10.6. The molecule has 0 bridgehead atoms. The van der Waals surface area contributed by atoms with Crippen LogP contribution in [0.1, 0.15) is 33.2 Å². The largest absolute Gasteiger partial charge is 0.454 e. The predicted octanol–water partition coefficient (Wildman–Crippen LogP) is 3.94. The van der Waals surface area contributed by atoms with Gasteiger partial charge in [0.1, 0.15) is 5.69 Å². The Morgan fingerprint density at radius 3 is 2.56 bits per heavy atom. The Bertz CT molecular complexity index is 1260. The van der Waals surface area contributed by atoms with E-state index < -0.39 is 10.8 Å². The van der Waals surface area contributed by atoms with E-state index in [4.69, 9.17) is 9.47 Å². The van der Waals surface area contributed by atoms with Gasteiger partial charge >= 0.3 is 0 Å². The molecule has 0 aliphatic carbocycles. The highest BCUT2D eigenvalue weighted by Gasteiger charge is 2.19. The van der Waals surface area contributed by atoms with Crippen molar-refractivity contribution in [3.63, 3.8) is 0 Å². The number of para-hydroxylation sites is 1. The van der Waals surface area contributed by atoms with Gasteiger partial charge < -0.3 is 25.4 Å². The molecule has 4 rings (SSSR count). The minimum absolute atomic E-state index is 0.101. The molecule has 0 fully saturated rings. The lowest BCUT2D eigenvalue weighted by Crippen LogP contribution is -2.25. The summed E-state index contributed by atoms with van der Waals surface area (Å²) in [5.74, 6) is 0.319. The number of nitrogens with zero attached hydrogens (tertiary/aromatic N) is 1. The van der Waals surface area contributed by atoms with E-state index in [2.05, 4.69) is 16.0 Å². The molecule has 0 saturated heterocycles. The summed E-state index contributed by atoms with van der Waals surface area (Å²) in [6.07, 6.45) is 0. The first-order chi connectivity index (χ1) is 16.5. The number of nitro groups is 1. The minimum atomic E-state index is -0.567. The van der Waals surface area contributed by atoms with Gasteiger partial charge in [-0.3, -0.25) is 19.7 Å². The summed E-state index contributed by atoms with van der Waals surface area (Å²) < 4.78 is 10.6. The van der Waals surface area contributed by atoms with Crippen LogP contribution in [-0.2, 0) is 6.54 Å². The first kappa shape index (κ1) is 22.6. The van der Waals surface area contributed by atoms with Crippen LogP contribution in [-0.4, -0.2) is 30.1 Å². The molecule has 0 unspecified atom stereocenters. The van der Waals surface area contributed by atoms with E-state index in [1.165, 1.54) is 18.2 Å². The van der Waals surface area contributed by atoms with Gasteiger partial charge in [-0.1, -0.05) is 18.2 Å². The maximum atomic E-state index is 12.8. The summed E-state index contributed by atoms with van der Waals surface area (Å²) in [4.78, 5) is 36.5. The maximum absolute atomic E-state index is 12.8. The molecule has 1 heterocycles. The van der Waals surface area contributed by atoms with E-state index in [0.717, 1.165) is 5.56 Å². The second-order valence-electron chi connectivity index (χ2n) is 7.39. The van der Waals surface area contributed by atoms with Crippen molar-refractivity contribution in [1.82, 2.24) is 5.32 Å². The van der Waals surface area contributed by atoms with Crippen LogP contribution in [0.2, 0.25) is 0 Å². The molecule has 0 spiro atoms. The zero-order valence-electron chi connectivity index (χ0n) is 18.3. The first-order valence-electron chi connectivity index (χ1n) is 10.6. The number of hydrogen-bond acceptors (Lipinski definition) is 7. The second kappa shape index (κ2) is 9.90. The Morgan fingerprint density at radius 2 is 1.76 bits per heavy atom. The molecule has 0 saturated carbocycles. The molecule has 3 aromatic rings. The average molecular weight is 462 g/mol. The van der Waals surface area contributed by atoms with Crippen LogP contribution < -0.4 is 25.4 Å². The van der Waals surface area contributed by atoms with Crippen LogP contribution in [0.25, 0.3) is 0 Å². The van der Waals surface area contributed by atoms with E-state index in [0.29, 0.717) is 23.7 Å². The lowest BCUT2D eigenvalue weighted by Gasteiger charge is -2.12. The van der Waals surface area contributed by atoms with Gasteiger partial charge in [0.25, 0.3) is 17.5 Å². The van der Waals surface area contributed by atoms with E-state index in [9.17, 15) is 19.7 Å². The number of carbonyl (C=O) groups is 2. The van der Waals surface area contributed by atoms with Crippen LogP contribution in [0.5, 0.6) is 11.5 Å². The summed E-state index contributed by atoms with van der Waals surface area (Å²) in [5.41, 5.74) is 1.59. The SMILES string of the molecule is CCNc1ccc(C(=O)Nc2ccccc2C(=O)NCc2ccc3c(c2)OCO3)cc1[N+](=O)[O-]. The van der Waals surface area contributed by atoms with Crippen molar-refractivity contribution in [3.05, 3.63) is 87.5 Å².